The highest BCUT2D eigenvalue weighted by Crippen LogP contribution is 2.36. The van der Waals surface area contributed by atoms with Crippen LogP contribution in [0.4, 0.5) is 0 Å². The van der Waals surface area contributed by atoms with Crippen LogP contribution in [-0.2, 0) is 4.79 Å². The fourth-order valence-electron chi connectivity index (χ4n) is 5.50. The molecule has 3 unspecified atom stereocenters. The van der Waals surface area contributed by atoms with Crippen LogP contribution in [0.2, 0.25) is 0 Å². The van der Waals surface area contributed by atoms with E-state index in [0.29, 0.717) is 23.0 Å². The van der Waals surface area contributed by atoms with E-state index in [4.69, 9.17) is 6.42 Å². The van der Waals surface area contributed by atoms with E-state index in [1.165, 1.54) is 12.0 Å². The first-order chi connectivity index (χ1) is 15.1. The van der Waals surface area contributed by atoms with Crippen molar-refractivity contribution in [3.05, 3.63) is 47.0 Å². The summed E-state index contributed by atoms with van der Waals surface area (Å²) in [5, 5.41) is 1.99. The number of benzene rings is 2. The highest BCUT2D eigenvalue weighted by atomic mass is 16.2. The third-order valence-corrected chi connectivity index (χ3v) is 7.48. The number of fused-ring (bicyclic) bond motifs is 1. The first-order valence-corrected chi connectivity index (χ1v) is 11.9. The summed E-state index contributed by atoms with van der Waals surface area (Å²) in [7, 11) is 0. The Morgan fingerprint density at radius 3 is 2.71 bits per heavy atom. The van der Waals surface area contributed by atoms with Crippen LogP contribution in [0.15, 0.2) is 30.3 Å². The van der Waals surface area contributed by atoms with Gasteiger partial charge in [0.15, 0.2) is 6.29 Å². The van der Waals surface area contributed by atoms with Gasteiger partial charge in [-0.05, 0) is 79.2 Å². The smallest absolute Gasteiger partial charge is 0.225 e. The van der Waals surface area contributed by atoms with Gasteiger partial charge in [0.1, 0.15) is 0 Å². The van der Waals surface area contributed by atoms with Gasteiger partial charge in [-0.3, -0.25) is 9.59 Å². The molecule has 162 valence electrons. The Bertz CT molecular complexity index is 1000. The summed E-state index contributed by atoms with van der Waals surface area (Å²) in [6, 6.07) is 10.3. The van der Waals surface area contributed by atoms with Gasteiger partial charge < -0.3 is 4.90 Å². The number of likely N-dealkylation sites (tertiary alicyclic amines) is 1. The molecule has 2 aromatic rings. The molecular weight excluding hydrogens is 382 g/mol. The first kappa shape index (κ1) is 21.6. The van der Waals surface area contributed by atoms with Crippen LogP contribution in [-0.4, -0.2) is 30.2 Å². The second-order valence-electron chi connectivity index (χ2n) is 9.53. The molecule has 2 aliphatic rings. The lowest BCUT2D eigenvalue weighted by molar-refractivity contribution is -0.135. The molecule has 31 heavy (non-hydrogen) atoms. The van der Waals surface area contributed by atoms with Gasteiger partial charge in [-0.25, -0.2) is 0 Å². The van der Waals surface area contributed by atoms with E-state index in [-0.39, 0.29) is 5.92 Å². The number of amides is 1. The molecule has 0 radical (unpaired) electrons. The highest BCUT2D eigenvalue weighted by molar-refractivity contribution is 6.00. The molecule has 1 saturated carbocycles. The molecule has 0 spiro atoms. The minimum absolute atomic E-state index is 0.179. The van der Waals surface area contributed by atoms with Crippen LogP contribution in [0.1, 0.15) is 85.7 Å². The van der Waals surface area contributed by atoms with Crippen molar-refractivity contribution >= 4 is 23.0 Å². The maximum atomic E-state index is 13.2. The quantitative estimate of drug-likeness (QED) is 0.353. The van der Waals surface area contributed by atoms with E-state index >= 15 is 0 Å². The zero-order chi connectivity index (χ0) is 21.8. The van der Waals surface area contributed by atoms with Crippen LogP contribution < -0.4 is 0 Å². The summed E-state index contributed by atoms with van der Waals surface area (Å²) in [6.45, 7) is 4.18. The standard InChI is InChI=1S/C28H33NO2/c1-3-21-9-12-25-18-24(13-14-26(25)27(21)19-30)22-7-4-8-23(11-10-22)28(31)29-16-5-6-20(2)15-17-29/h1,9,12-14,18-20,22-23H,4-8,10-11,15-17H2,2H3. The third kappa shape index (κ3) is 4.69. The van der Waals surface area contributed by atoms with Crippen molar-refractivity contribution in [2.24, 2.45) is 11.8 Å². The van der Waals surface area contributed by atoms with Crippen LogP contribution in [0.25, 0.3) is 10.8 Å². The Kier molecular flexibility index (Phi) is 6.76. The van der Waals surface area contributed by atoms with Crippen molar-refractivity contribution in [2.75, 3.05) is 13.1 Å². The molecule has 4 rings (SSSR count). The van der Waals surface area contributed by atoms with Crippen LogP contribution in [0, 0.1) is 24.2 Å². The molecule has 2 aromatic carbocycles. The molecule has 3 heteroatoms. The van der Waals surface area contributed by atoms with Gasteiger partial charge in [0, 0.05) is 30.1 Å². The van der Waals surface area contributed by atoms with Crippen molar-refractivity contribution in [3.8, 4) is 12.3 Å². The Morgan fingerprint density at radius 1 is 1.03 bits per heavy atom. The topological polar surface area (TPSA) is 37.4 Å². The molecule has 1 heterocycles. The number of carbonyl (C=O) groups excluding carboxylic acids is 2. The third-order valence-electron chi connectivity index (χ3n) is 7.48. The van der Waals surface area contributed by atoms with Crippen LogP contribution in [0.5, 0.6) is 0 Å². The summed E-state index contributed by atoms with van der Waals surface area (Å²) < 4.78 is 0. The zero-order valence-corrected chi connectivity index (χ0v) is 18.6. The van der Waals surface area contributed by atoms with E-state index in [9.17, 15) is 9.59 Å². The SMILES string of the molecule is C#Cc1ccc2cc(C3CCCC(C(=O)N4CCCC(C)CC4)CC3)ccc2c1C=O. The summed E-state index contributed by atoms with van der Waals surface area (Å²) >= 11 is 0. The van der Waals surface area contributed by atoms with Crippen molar-refractivity contribution < 1.29 is 9.59 Å². The zero-order valence-electron chi connectivity index (χ0n) is 18.6. The van der Waals surface area contributed by atoms with Gasteiger partial charge in [-0.1, -0.05) is 43.5 Å². The number of aldehydes is 1. The number of terminal acetylenes is 1. The summed E-state index contributed by atoms with van der Waals surface area (Å²) in [6.07, 6.45) is 15.2. The van der Waals surface area contributed by atoms with Gasteiger partial charge in [-0.2, -0.15) is 0 Å². The lowest BCUT2D eigenvalue weighted by atomic mass is 9.88. The fraction of sp³-hybridized carbons (Fsp3) is 0.500. The molecule has 1 aliphatic carbocycles. The van der Waals surface area contributed by atoms with Crippen molar-refractivity contribution in [3.63, 3.8) is 0 Å². The molecule has 0 N–H and O–H groups in total. The minimum atomic E-state index is 0.179. The van der Waals surface area contributed by atoms with Gasteiger partial charge in [-0.15, -0.1) is 6.42 Å². The average molecular weight is 416 g/mol. The maximum Gasteiger partial charge on any atom is 0.225 e. The summed E-state index contributed by atoms with van der Waals surface area (Å²) in [5.74, 6) is 4.39. The fourth-order valence-corrected chi connectivity index (χ4v) is 5.50. The second kappa shape index (κ2) is 9.69. The Hall–Kier alpha value is -2.60. The normalized spacial score (nSPS) is 24.8. The van der Waals surface area contributed by atoms with E-state index < -0.39 is 0 Å². The number of nitrogens with zero attached hydrogens (tertiary/aromatic N) is 1. The van der Waals surface area contributed by atoms with Crippen molar-refractivity contribution in [1.82, 2.24) is 4.90 Å². The Morgan fingerprint density at radius 2 is 1.90 bits per heavy atom. The first-order valence-electron chi connectivity index (χ1n) is 11.9. The number of rotatable bonds is 3. The molecule has 1 aliphatic heterocycles. The van der Waals surface area contributed by atoms with E-state index in [1.807, 2.05) is 18.2 Å². The number of hydrogen-bond acceptors (Lipinski definition) is 2. The van der Waals surface area contributed by atoms with Crippen molar-refractivity contribution in [2.45, 2.75) is 64.2 Å². The van der Waals surface area contributed by atoms with Crippen LogP contribution in [0.3, 0.4) is 0 Å². The lowest BCUT2D eigenvalue weighted by Crippen LogP contribution is -2.36. The second-order valence-corrected chi connectivity index (χ2v) is 9.53. The lowest BCUT2D eigenvalue weighted by Gasteiger charge is -2.25. The van der Waals surface area contributed by atoms with Crippen LogP contribution >= 0.6 is 0 Å². The largest absolute Gasteiger partial charge is 0.342 e. The molecule has 0 aromatic heterocycles. The molecule has 1 saturated heterocycles. The number of hydrogen-bond donors (Lipinski definition) is 0. The molecule has 0 bridgehead atoms. The monoisotopic (exact) mass is 415 g/mol. The maximum absolute atomic E-state index is 13.2. The van der Waals surface area contributed by atoms with E-state index in [0.717, 1.165) is 81.0 Å². The van der Waals surface area contributed by atoms with Gasteiger partial charge >= 0.3 is 0 Å². The van der Waals surface area contributed by atoms with Gasteiger partial charge in [0.2, 0.25) is 5.91 Å². The predicted octanol–water partition coefficient (Wildman–Crippen LogP) is 5.95. The Balaban J connectivity index is 1.47. The molecular formula is C28H33NO2. The summed E-state index contributed by atoms with van der Waals surface area (Å²) in [5.41, 5.74) is 2.56. The molecule has 3 atom stereocenters. The van der Waals surface area contributed by atoms with Gasteiger partial charge in [0.25, 0.3) is 0 Å². The predicted molar refractivity (Wildman–Crippen MR) is 126 cm³/mol. The van der Waals surface area contributed by atoms with E-state index in [1.54, 1.807) is 0 Å². The molecule has 1 amide bonds. The molecule has 3 nitrogen and oxygen atoms in total. The highest BCUT2D eigenvalue weighted by Gasteiger charge is 2.29. The number of carbonyl (C=O) groups is 2. The van der Waals surface area contributed by atoms with Crippen molar-refractivity contribution in [1.29, 1.82) is 0 Å². The Labute approximate surface area is 186 Å². The summed E-state index contributed by atoms with van der Waals surface area (Å²) in [4.78, 5) is 26.9. The van der Waals surface area contributed by atoms with E-state index in [2.05, 4.69) is 29.9 Å². The minimum Gasteiger partial charge on any atom is -0.342 e. The average Bonchev–Trinajstić information content (AvgIpc) is 3.18. The van der Waals surface area contributed by atoms with Gasteiger partial charge in [0.05, 0.1) is 0 Å². The molecule has 2 fully saturated rings.